The fourth-order valence-electron chi connectivity index (χ4n) is 3.36. The first-order valence-electron chi connectivity index (χ1n) is 19.0. The van der Waals surface area contributed by atoms with Crippen molar-refractivity contribution in [1.29, 1.82) is 0 Å². The molecule has 0 aromatic carbocycles. The molecule has 0 saturated heterocycles. The van der Waals surface area contributed by atoms with E-state index in [9.17, 15) is 0 Å². The average Bonchev–Trinajstić information content (AvgIpc) is 4.13. The maximum absolute atomic E-state index is 4.35. The molecule has 21 nitrogen and oxygen atoms in total. The van der Waals surface area contributed by atoms with Crippen molar-refractivity contribution >= 4 is 0 Å². The van der Waals surface area contributed by atoms with E-state index in [0.29, 0.717) is 0 Å². The van der Waals surface area contributed by atoms with Gasteiger partial charge >= 0.3 is 0 Å². The summed E-state index contributed by atoms with van der Waals surface area (Å²) in [6, 6.07) is 19.5. The van der Waals surface area contributed by atoms with E-state index >= 15 is 0 Å². The first kappa shape index (κ1) is 52.7. The molecule has 0 spiro atoms. The zero-order valence-corrected chi connectivity index (χ0v) is 37.5. The number of nitrogens with zero attached hydrogens (tertiary/aromatic N) is 19. The third-order valence-electron chi connectivity index (χ3n) is 6.43. The fraction of sp³-hybridized carbons (Fsp3) is 0.238. The summed E-state index contributed by atoms with van der Waals surface area (Å²) in [4.78, 5) is 19.1. The van der Waals surface area contributed by atoms with Gasteiger partial charge in [-0.3, -0.25) is 24.4 Å². The Hall–Kier alpha value is -8.36. The van der Waals surface area contributed by atoms with E-state index < -0.39 is 0 Å². The third kappa shape index (κ3) is 34.2. The van der Waals surface area contributed by atoms with Crippen LogP contribution in [0.3, 0.4) is 0 Å². The molecule has 0 bridgehead atoms. The zero-order valence-electron chi connectivity index (χ0n) is 37.5. The summed E-state index contributed by atoms with van der Waals surface area (Å²) in [5.41, 5.74) is 4.06. The van der Waals surface area contributed by atoms with Crippen molar-refractivity contribution in [2.45, 2.75) is 34.6 Å². The summed E-state index contributed by atoms with van der Waals surface area (Å²) < 4.78 is 13.4. The number of pyridine rings is 2. The van der Waals surface area contributed by atoms with E-state index in [2.05, 4.69) is 80.6 Å². The van der Waals surface area contributed by atoms with Crippen LogP contribution in [0, 0.1) is 34.6 Å². The summed E-state index contributed by atoms with van der Waals surface area (Å²) in [6.07, 6.45) is 29.5. The third-order valence-corrected chi connectivity index (χ3v) is 6.43. The molecule has 10 aromatic heterocycles. The molecule has 0 aliphatic rings. The second-order valence-corrected chi connectivity index (χ2v) is 12.4. The molecule has 1 N–H and O–H groups in total. The molecule has 10 aromatic rings. The van der Waals surface area contributed by atoms with Gasteiger partial charge in [-0.15, -0.1) is 15.3 Å². The molecule has 332 valence electrons. The molecule has 0 atom stereocenters. The van der Waals surface area contributed by atoms with Crippen molar-refractivity contribution < 1.29 is 4.52 Å². The average molecular weight is 859 g/mol. The fourth-order valence-corrected chi connectivity index (χ4v) is 3.36. The summed E-state index contributed by atoms with van der Waals surface area (Å²) in [5.74, 6) is 0.856. The van der Waals surface area contributed by atoms with Crippen LogP contribution in [0.2, 0.25) is 0 Å². The van der Waals surface area contributed by atoms with Gasteiger partial charge in [0.25, 0.3) is 0 Å². The Morgan fingerprint density at radius 2 is 1.24 bits per heavy atom. The lowest BCUT2D eigenvalue weighted by molar-refractivity contribution is 0.393. The number of rotatable bonds is 0. The highest BCUT2D eigenvalue weighted by atomic mass is 16.5. The van der Waals surface area contributed by atoms with E-state index in [1.54, 1.807) is 70.2 Å². The lowest BCUT2D eigenvalue weighted by Crippen LogP contribution is -1.83. The zero-order chi connectivity index (χ0) is 46.2. The molecule has 63 heavy (non-hydrogen) atoms. The Morgan fingerprint density at radius 1 is 0.492 bits per heavy atom. The van der Waals surface area contributed by atoms with Crippen molar-refractivity contribution in [3.63, 3.8) is 0 Å². The first-order chi connectivity index (χ1) is 30.4. The van der Waals surface area contributed by atoms with Crippen LogP contribution >= 0.6 is 0 Å². The Bertz CT molecular complexity index is 1900. The molecular formula is C42H58N20O. The lowest BCUT2D eigenvalue weighted by atomic mass is 10.3. The monoisotopic (exact) mass is 859 g/mol. The Morgan fingerprint density at radius 3 is 1.44 bits per heavy atom. The SMILES string of the molecule is Cc1ccccn1.Cc1cccnc1.Cc1cccnn1.Cc1conn1.Cc1ncn[nH]1.Cn1cccc1.Cn1cccn1.Cn1ccnc1.Cn1cncn1.Cn1cnnc1. The van der Waals surface area contributed by atoms with Crippen LogP contribution in [0.25, 0.3) is 0 Å². The van der Waals surface area contributed by atoms with Gasteiger partial charge in [0.05, 0.1) is 12.0 Å². The Labute approximate surface area is 368 Å². The minimum absolute atomic E-state index is 0.815. The maximum atomic E-state index is 4.35. The van der Waals surface area contributed by atoms with Crippen molar-refractivity contribution in [3.8, 4) is 0 Å². The number of nitrogens with one attached hydrogen (secondary N) is 1. The van der Waals surface area contributed by atoms with Crippen LogP contribution in [0.4, 0.5) is 0 Å². The van der Waals surface area contributed by atoms with E-state index in [-0.39, 0.29) is 0 Å². The van der Waals surface area contributed by atoms with Gasteiger partial charge in [0.2, 0.25) is 0 Å². The smallest absolute Gasteiger partial charge is 0.147 e. The minimum atomic E-state index is 0.815. The standard InChI is InChI=1S/2C6H7N.C5H6N2.C5H7N.2C4H6N2.3C3H5N3.C3H4N2O/c1-6-3-2-4-7-5-6;1-6-4-2-3-5-7-6;1-5-3-2-4-6-7-5;1-6-4-2-3-5-6;1-6-3-2-5-4-6;1-6-4-2-3-5-6;1-6-2-4-5-3-6;1-6-3-4-2-5-6;1-3-4-2-5-6-3;1-3-2-6-5-4-3/h2*2-5H,1H3;2-4H,1H3;2-5H,1H3;2*2-4H,1H3;2*2-3H,1H3;2H,1H3,(H,4,5,6);2H,1H3. The van der Waals surface area contributed by atoms with Gasteiger partial charge in [0.15, 0.2) is 0 Å². The molecule has 10 heterocycles. The van der Waals surface area contributed by atoms with E-state index in [1.807, 2.05) is 171 Å². The summed E-state index contributed by atoms with van der Waals surface area (Å²) in [5, 5.41) is 34.9. The molecule has 0 fully saturated rings. The highest BCUT2D eigenvalue weighted by molar-refractivity contribution is 5.04. The minimum Gasteiger partial charge on any atom is -0.357 e. The molecule has 0 unspecified atom stereocenters. The van der Waals surface area contributed by atoms with Crippen molar-refractivity contribution in [3.05, 3.63) is 195 Å². The predicted molar refractivity (Wildman–Crippen MR) is 239 cm³/mol. The van der Waals surface area contributed by atoms with E-state index in [1.165, 1.54) is 24.5 Å². The molecular weight excluding hydrogens is 801 g/mol. The van der Waals surface area contributed by atoms with Gasteiger partial charge in [0.1, 0.15) is 49.4 Å². The number of H-pyrrole nitrogens is 1. The molecule has 10 rings (SSSR count). The van der Waals surface area contributed by atoms with Crippen LogP contribution in [-0.2, 0) is 35.2 Å². The van der Waals surface area contributed by atoms with Crippen molar-refractivity contribution in [1.82, 2.24) is 99.1 Å². The van der Waals surface area contributed by atoms with Gasteiger partial charge in [-0.25, -0.2) is 15.0 Å². The molecule has 0 radical (unpaired) electrons. The van der Waals surface area contributed by atoms with Gasteiger partial charge < -0.3 is 18.2 Å². The van der Waals surface area contributed by atoms with Crippen LogP contribution in [-0.4, -0.2) is 99.1 Å². The number of aromatic nitrogens is 20. The molecule has 0 aliphatic heterocycles. The highest BCUT2D eigenvalue weighted by Crippen LogP contribution is 1.89. The molecule has 0 amide bonds. The van der Waals surface area contributed by atoms with Crippen LogP contribution in [0.15, 0.2) is 171 Å². The second kappa shape index (κ2) is 35.6. The second-order valence-electron chi connectivity index (χ2n) is 12.4. The molecule has 0 saturated carbocycles. The summed E-state index contributed by atoms with van der Waals surface area (Å²) in [7, 11) is 9.53. The van der Waals surface area contributed by atoms with Crippen LogP contribution < -0.4 is 0 Å². The van der Waals surface area contributed by atoms with E-state index in [4.69, 9.17) is 0 Å². The van der Waals surface area contributed by atoms with Gasteiger partial charge in [0, 0.05) is 108 Å². The van der Waals surface area contributed by atoms with Gasteiger partial charge in [-0.1, -0.05) is 12.1 Å². The van der Waals surface area contributed by atoms with Crippen molar-refractivity contribution in [2.24, 2.45) is 35.2 Å². The Kier molecular flexibility index (Phi) is 29.7. The number of hydrogen-bond acceptors (Lipinski definition) is 15. The number of hydrogen-bond donors (Lipinski definition) is 1. The predicted octanol–water partition coefficient (Wildman–Crippen LogP) is 5.55. The highest BCUT2D eigenvalue weighted by Gasteiger charge is 1.80. The van der Waals surface area contributed by atoms with Crippen molar-refractivity contribution in [2.75, 3.05) is 0 Å². The van der Waals surface area contributed by atoms with Gasteiger partial charge in [-0.2, -0.15) is 25.5 Å². The first-order valence-corrected chi connectivity index (χ1v) is 19.0. The van der Waals surface area contributed by atoms with E-state index in [0.717, 1.165) is 22.9 Å². The number of imidazole rings is 1. The van der Waals surface area contributed by atoms with Gasteiger partial charge in [-0.05, 0) is 88.7 Å². The van der Waals surface area contributed by atoms with Crippen LogP contribution in [0.1, 0.15) is 28.5 Å². The van der Waals surface area contributed by atoms with Crippen LogP contribution in [0.5, 0.6) is 0 Å². The molecule has 21 heteroatoms. The Balaban J connectivity index is 0.000000350. The summed E-state index contributed by atoms with van der Waals surface area (Å²) >= 11 is 0. The lowest BCUT2D eigenvalue weighted by Gasteiger charge is -1.82. The topological polar surface area (TPSA) is 234 Å². The number of aryl methyl sites for hydroxylation is 10. The molecule has 0 aliphatic carbocycles. The maximum Gasteiger partial charge on any atom is 0.147 e. The normalized spacial score (nSPS) is 8.79. The largest absolute Gasteiger partial charge is 0.357 e. The summed E-state index contributed by atoms with van der Waals surface area (Å²) in [6.45, 7) is 9.57. The quantitative estimate of drug-likeness (QED) is 0.197. The number of aromatic amines is 1.